The highest BCUT2D eigenvalue weighted by atomic mass is 16.4. The third-order valence-corrected chi connectivity index (χ3v) is 4.23. The van der Waals surface area contributed by atoms with Crippen molar-refractivity contribution >= 4 is 11.9 Å². The minimum atomic E-state index is -0.856. The summed E-state index contributed by atoms with van der Waals surface area (Å²) in [6.45, 7) is 5.94. The minimum absolute atomic E-state index is 0.00318. The SMILES string of the molecule is CCC1(C(=O)NC(CC(=O)O)C(C)C)CCCC1. The Bertz CT molecular complexity index is 306. The van der Waals surface area contributed by atoms with Crippen molar-refractivity contribution in [3.63, 3.8) is 0 Å². The quantitative estimate of drug-likeness (QED) is 0.766. The summed E-state index contributed by atoms with van der Waals surface area (Å²) in [4.78, 5) is 23.2. The lowest BCUT2D eigenvalue weighted by Gasteiger charge is -2.30. The van der Waals surface area contributed by atoms with E-state index >= 15 is 0 Å². The van der Waals surface area contributed by atoms with Crippen LogP contribution in [0.2, 0.25) is 0 Å². The lowest BCUT2D eigenvalue weighted by atomic mass is 9.82. The zero-order valence-electron chi connectivity index (χ0n) is 11.7. The highest BCUT2D eigenvalue weighted by molar-refractivity contribution is 5.83. The topological polar surface area (TPSA) is 66.4 Å². The van der Waals surface area contributed by atoms with Crippen LogP contribution in [0.5, 0.6) is 0 Å². The second-order valence-corrected chi connectivity index (χ2v) is 5.76. The second kappa shape index (κ2) is 6.21. The maximum Gasteiger partial charge on any atom is 0.305 e. The van der Waals surface area contributed by atoms with E-state index in [1.165, 1.54) is 0 Å². The maximum absolute atomic E-state index is 12.4. The number of amides is 1. The third kappa shape index (κ3) is 3.47. The Labute approximate surface area is 109 Å². The summed E-state index contributed by atoms with van der Waals surface area (Å²) in [7, 11) is 0. The largest absolute Gasteiger partial charge is 0.481 e. The van der Waals surface area contributed by atoms with E-state index in [-0.39, 0.29) is 29.7 Å². The highest BCUT2D eigenvalue weighted by Gasteiger charge is 2.40. The molecule has 1 fully saturated rings. The van der Waals surface area contributed by atoms with Gasteiger partial charge in [0.05, 0.1) is 6.42 Å². The highest BCUT2D eigenvalue weighted by Crippen LogP contribution is 2.41. The molecule has 1 rings (SSSR count). The molecule has 0 bridgehead atoms. The number of rotatable bonds is 6. The first-order valence-corrected chi connectivity index (χ1v) is 6.94. The van der Waals surface area contributed by atoms with Crippen molar-refractivity contribution in [1.29, 1.82) is 0 Å². The average molecular weight is 255 g/mol. The Morgan fingerprint density at radius 1 is 1.28 bits per heavy atom. The van der Waals surface area contributed by atoms with Crippen LogP contribution in [-0.2, 0) is 9.59 Å². The van der Waals surface area contributed by atoms with Gasteiger partial charge in [0.15, 0.2) is 0 Å². The standard InChI is InChI=1S/C14H25NO3/c1-4-14(7-5-6-8-14)13(18)15-11(10(2)3)9-12(16)17/h10-11H,4-9H2,1-3H3,(H,15,18)(H,16,17). The zero-order valence-corrected chi connectivity index (χ0v) is 11.7. The second-order valence-electron chi connectivity index (χ2n) is 5.76. The van der Waals surface area contributed by atoms with E-state index in [1.807, 2.05) is 20.8 Å². The molecule has 104 valence electrons. The normalized spacial score (nSPS) is 19.8. The predicted octanol–water partition coefficient (Wildman–Crippen LogP) is 2.57. The predicted molar refractivity (Wildman–Crippen MR) is 70.2 cm³/mol. The van der Waals surface area contributed by atoms with Crippen LogP contribution >= 0.6 is 0 Å². The van der Waals surface area contributed by atoms with Gasteiger partial charge >= 0.3 is 5.97 Å². The minimum Gasteiger partial charge on any atom is -0.481 e. The molecule has 0 aromatic heterocycles. The molecule has 1 unspecified atom stereocenters. The van der Waals surface area contributed by atoms with E-state index in [1.54, 1.807) is 0 Å². The summed E-state index contributed by atoms with van der Waals surface area (Å²) < 4.78 is 0. The smallest absolute Gasteiger partial charge is 0.305 e. The molecular weight excluding hydrogens is 230 g/mol. The Hall–Kier alpha value is -1.06. The molecule has 0 spiro atoms. The molecule has 0 saturated heterocycles. The molecule has 0 radical (unpaired) electrons. The van der Waals surface area contributed by atoms with Crippen molar-refractivity contribution in [3.05, 3.63) is 0 Å². The Morgan fingerprint density at radius 2 is 1.83 bits per heavy atom. The van der Waals surface area contributed by atoms with Gasteiger partial charge in [0.2, 0.25) is 5.91 Å². The van der Waals surface area contributed by atoms with Gasteiger partial charge in [0.25, 0.3) is 0 Å². The van der Waals surface area contributed by atoms with E-state index in [9.17, 15) is 9.59 Å². The first-order valence-electron chi connectivity index (χ1n) is 6.94. The van der Waals surface area contributed by atoms with Crippen LogP contribution < -0.4 is 5.32 Å². The number of aliphatic carboxylic acids is 1. The van der Waals surface area contributed by atoms with Gasteiger partial charge in [-0.3, -0.25) is 9.59 Å². The van der Waals surface area contributed by atoms with Gasteiger partial charge < -0.3 is 10.4 Å². The van der Waals surface area contributed by atoms with Crippen LogP contribution in [0.4, 0.5) is 0 Å². The first kappa shape index (κ1) is 15.0. The van der Waals surface area contributed by atoms with Gasteiger partial charge in [-0.15, -0.1) is 0 Å². The molecule has 1 aliphatic rings. The molecule has 1 amide bonds. The summed E-state index contributed by atoms with van der Waals surface area (Å²) in [5.74, 6) is -0.659. The molecule has 1 saturated carbocycles. The van der Waals surface area contributed by atoms with E-state index in [0.29, 0.717) is 0 Å². The van der Waals surface area contributed by atoms with Crippen molar-refractivity contribution in [2.24, 2.45) is 11.3 Å². The van der Waals surface area contributed by atoms with Gasteiger partial charge in [0, 0.05) is 11.5 Å². The van der Waals surface area contributed by atoms with Gasteiger partial charge in [0.1, 0.15) is 0 Å². The van der Waals surface area contributed by atoms with E-state index in [2.05, 4.69) is 5.32 Å². The average Bonchev–Trinajstić information content (AvgIpc) is 2.77. The molecule has 18 heavy (non-hydrogen) atoms. The molecule has 0 heterocycles. The number of carboxylic acid groups (broad SMARTS) is 1. The fraction of sp³-hybridized carbons (Fsp3) is 0.857. The zero-order chi connectivity index (χ0) is 13.8. The molecule has 0 aromatic rings. The van der Waals surface area contributed by atoms with Crippen LogP contribution in [-0.4, -0.2) is 23.0 Å². The summed E-state index contributed by atoms with van der Waals surface area (Å²) in [6, 6.07) is -0.265. The lowest BCUT2D eigenvalue weighted by molar-refractivity contribution is -0.138. The van der Waals surface area contributed by atoms with Crippen molar-refractivity contribution in [2.45, 2.75) is 65.3 Å². The molecule has 4 heteroatoms. The van der Waals surface area contributed by atoms with Gasteiger partial charge in [-0.25, -0.2) is 0 Å². The third-order valence-electron chi connectivity index (χ3n) is 4.23. The van der Waals surface area contributed by atoms with Gasteiger partial charge in [-0.05, 0) is 25.2 Å². The molecule has 0 aromatic carbocycles. The first-order chi connectivity index (χ1) is 8.41. The number of carboxylic acids is 1. The lowest BCUT2D eigenvalue weighted by Crippen LogP contribution is -2.47. The van der Waals surface area contributed by atoms with Crippen molar-refractivity contribution in [3.8, 4) is 0 Å². The fourth-order valence-electron chi connectivity index (χ4n) is 2.76. The Morgan fingerprint density at radius 3 is 2.22 bits per heavy atom. The van der Waals surface area contributed by atoms with Crippen molar-refractivity contribution in [2.75, 3.05) is 0 Å². The van der Waals surface area contributed by atoms with Gasteiger partial charge in [-0.2, -0.15) is 0 Å². The van der Waals surface area contributed by atoms with Gasteiger partial charge in [-0.1, -0.05) is 33.6 Å². The summed E-state index contributed by atoms with van der Waals surface area (Å²) in [5.41, 5.74) is -0.244. The number of carbonyl (C=O) groups excluding carboxylic acids is 1. The molecule has 2 N–H and O–H groups in total. The van der Waals surface area contributed by atoms with Crippen LogP contribution in [0.3, 0.4) is 0 Å². The molecule has 4 nitrogen and oxygen atoms in total. The van der Waals surface area contributed by atoms with Crippen LogP contribution in [0.25, 0.3) is 0 Å². The summed E-state index contributed by atoms with van der Waals surface area (Å²) in [6.07, 6.45) is 4.93. The molecule has 1 atom stereocenters. The number of hydrogen-bond donors (Lipinski definition) is 2. The van der Waals surface area contributed by atoms with Crippen LogP contribution in [0, 0.1) is 11.3 Å². The number of nitrogens with one attached hydrogen (secondary N) is 1. The van der Waals surface area contributed by atoms with Crippen LogP contribution in [0.1, 0.15) is 59.3 Å². The van der Waals surface area contributed by atoms with Crippen LogP contribution in [0.15, 0.2) is 0 Å². The summed E-state index contributed by atoms with van der Waals surface area (Å²) in [5, 5.41) is 11.8. The van der Waals surface area contributed by atoms with E-state index in [0.717, 1.165) is 32.1 Å². The van der Waals surface area contributed by atoms with Crippen molar-refractivity contribution < 1.29 is 14.7 Å². The Balaban J connectivity index is 2.68. The monoisotopic (exact) mass is 255 g/mol. The van der Waals surface area contributed by atoms with E-state index in [4.69, 9.17) is 5.11 Å². The van der Waals surface area contributed by atoms with Crippen molar-refractivity contribution in [1.82, 2.24) is 5.32 Å². The molecule has 1 aliphatic carbocycles. The number of carbonyl (C=O) groups is 2. The Kier molecular flexibility index (Phi) is 5.17. The maximum atomic E-state index is 12.4. The molecular formula is C14H25NO3. The fourth-order valence-corrected chi connectivity index (χ4v) is 2.76. The number of hydrogen-bond acceptors (Lipinski definition) is 2. The summed E-state index contributed by atoms with van der Waals surface area (Å²) >= 11 is 0. The van der Waals surface area contributed by atoms with E-state index < -0.39 is 5.97 Å². The molecule has 0 aliphatic heterocycles.